The molecule has 0 bridgehead atoms. The second-order valence-electron chi connectivity index (χ2n) is 13.7. The van der Waals surface area contributed by atoms with E-state index < -0.39 is 0 Å². The number of rotatable bonds is 36. The van der Waals surface area contributed by atoms with Gasteiger partial charge in [0.2, 0.25) is 0 Å². The molecule has 0 aromatic heterocycles. The molecule has 0 unspecified atom stereocenters. The van der Waals surface area contributed by atoms with E-state index in [1.807, 2.05) is 0 Å². The van der Waals surface area contributed by atoms with Crippen molar-refractivity contribution >= 4 is 11.9 Å². The minimum absolute atomic E-state index is 0. The van der Waals surface area contributed by atoms with Gasteiger partial charge in [-0.05, 0) is 12.8 Å². The maximum Gasteiger partial charge on any atom is 0.313 e. The van der Waals surface area contributed by atoms with Crippen LogP contribution in [0.2, 0.25) is 0 Å². The van der Waals surface area contributed by atoms with Crippen LogP contribution in [0, 0.1) is 0 Å². The van der Waals surface area contributed by atoms with Gasteiger partial charge in [0.25, 0.3) is 0 Å². The Balaban J connectivity index is -0.00000882. The van der Waals surface area contributed by atoms with Gasteiger partial charge in [0.1, 0.15) is 0 Å². The van der Waals surface area contributed by atoms with E-state index in [1.54, 1.807) is 0 Å². The van der Waals surface area contributed by atoms with Crippen molar-refractivity contribution in [3.63, 3.8) is 0 Å². The van der Waals surface area contributed by atoms with Crippen molar-refractivity contribution in [3.05, 3.63) is 0 Å². The number of unbranched alkanes of at least 4 members (excludes halogenated alkanes) is 32. The van der Waals surface area contributed by atoms with Crippen LogP contribution in [0.25, 0.3) is 0 Å². The molecule has 0 rings (SSSR count). The van der Waals surface area contributed by atoms with Gasteiger partial charge in [0.05, 0.1) is 0 Å². The van der Waals surface area contributed by atoms with Gasteiger partial charge in [-0.15, -0.1) is 0 Å². The summed E-state index contributed by atoms with van der Waals surface area (Å²) in [7, 11) is 0. The smallest absolute Gasteiger partial charge is 0.313 e. The van der Waals surface area contributed by atoms with Crippen LogP contribution in [0.1, 0.15) is 245 Å². The molecule has 0 saturated heterocycles. The Morgan fingerprint density at radius 2 is 0.444 bits per heavy atom. The molecule has 0 aliphatic rings. The maximum atomic E-state index is 12.0. The van der Waals surface area contributed by atoms with Gasteiger partial charge >= 0.3 is 11.9 Å². The summed E-state index contributed by atoms with van der Waals surface area (Å²) < 4.78 is 5.03. The first kappa shape index (κ1) is 50.0. The predicted molar refractivity (Wildman–Crippen MR) is 189 cm³/mol. The molecular weight excluding hydrogens is 744 g/mol. The molecule has 278 valence electrons. The molecule has 0 N–H and O–H groups in total. The molecule has 0 saturated carbocycles. The molecule has 5 heteroatoms. The minimum atomic E-state index is -0.322. The third-order valence-electron chi connectivity index (χ3n) is 9.20. The fourth-order valence-electron chi connectivity index (χ4n) is 6.22. The number of esters is 2. The maximum absolute atomic E-state index is 12.0. The van der Waals surface area contributed by atoms with Crippen LogP contribution < -0.4 is 0 Å². The van der Waals surface area contributed by atoms with Gasteiger partial charge in [0.15, 0.2) is 0 Å². The van der Waals surface area contributed by atoms with Crippen LogP contribution in [0.15, 0.2) is 0 Å². The molecule has 0 aliphatic carbocycles. The second kappa shape index (κ2) is 44.6. The van der Waals surface area contributed by atoms with E-state index >= 15 is 0 Å². The number of carbonyl (C=O) groups excluding carboxylic acids is 2. The number of ether oxygens (including phenoxy) is 1. The van der Waals surface area contributed by atoms with E-state index in [-0.39, 0.29) is 56.7 Å². The standard InChI is InChI=1S/C40H78O3.2Ag/c1-3-5-7-9-11-13-15-17-19-20-21-22-24-26-28-30-32-34-36-38-40(42)43-39(41)37-35-33-31-29-27-25-23-18-16-14-12-10-8-6-4-2;;/h3-38H2,1-2H3;;. The SMILES string of the molecule is CCCCCCCCCCCCCCCCCCCCCC(=O)OC(=O)CCCCCCCCCCCCCCCCC.[Ag].[Ag]. The zero-order valence-corrected chi connectivity index (χ0v) is 33.2. The molecule has 0 aromatic rings. The molecule has 0 atom stereocenters. The fraction of sp³-hybridized carbons (Fsp3) is 0.950. The van der Waals surface area contributed by atoms with E-state index in [0.29, 0.717) is 12.8 Å². The first-order valence-electron chi connectivity index (χ1n) is 19.9. The second-order valence-corrected chi connectivity index (χ2v) is 13.7. The van der Waals surface area contributed by atoms with Crippen LogP contribution in [0.5, 0.6) is 0 Å². The predicted octanol–water partition coefficient (Wildman–Crippen LogP) is 14.1. The molecule has 2 radical (unpaired) electrons. The largest absolute Gasteiger partial charge is 0.393 e. The zero-order chi connectivity index (χ0) is 31.3. The fourth-order valence-corrected chi connectivity index (χ4v) is 6.22. The van der Waals surface area contributed by atoms with Gasteiger partial charge in [-0.1, -0.05) is 219 Å². The van der Waals surface area contributed by atoms with E-state index in [9.17, 15) is 9.59 Å². The van der Waals surface area contributed by atoms with Crippen LogP contribution >= 0.6 is 0 Å². The first-order chi connectivity index (χ1) is 21.2. The Bertz CT molecular complexity index is 570. The van der Waals surface area contributed by atoms with E-state index in [1.165, 1.54) is 193 Å². The Labute approximate surface area is 314 Å². The minimum Gasteiger partial charge on any atom is -0.393 e. The molecule has 45 heavy (non-hydrogen) atoms. The molecular formula is C40H78Ag2O3. The van der Waals surface area contributed by atoms with E-state index in [2.05, 4.69) is 13.8 Å². The topological polar surface area (TPSA) is 43.4 Å². The summed E-state index contributed by atoms with van der Waals surface area (Å²) in [6.07, 6.45) is 46.0. The van der Waals surface area contributed by atoms with Crippen molar-refractivity contribution in [2.45, 2.75) is 245 Å². The summed E-state index contributed by atoms with van der Waals surface area (Å²) in [4.78, 5) is 23.9. The van der Waals surface area contributed by atoms with Crippen LogP contribution in [0.4, 0.5) is 0 Å². The average molecular weight is 823 g/mol. The number of hydrogen-bond acceptors (Lipinski definition) is 3. The van der Waals surface area contributed by atoms with Crippen molar-refractivity contribution in [2.75, 3.05) is 0 Å². The molecule has 0 fully saturated rings. The van der Waals surface area contributed by atoms with Crippen molar-refractivity contribution in [2.24, 2.45) is 0 Å². The first-order valence-corrected chi connectivity index (χ1v) is 19.9. The quantitative estimate of drug-likeness (QED) is 0.0274. The van der Waals surface area contributed by atoms with Gasteiger partial charge in [-0.25, -0.2) is 0 Å². The van der Waals surface area contributed by atoms with Crippen LogP contribution in [-0.4, -0.2) is 11.9 Å². The summed E-state index contributed by atoms with van der Waals surface area (Å²) in [6, 6.07) is 0. The third-order valence-corrected chi connectivity index (χ3v) is 9.20. The number of hydrogen-bond donors (Lipinski definition) is 0. The van der Waals surface area contributed by atoms with Crippen molar-refractivity contribution < 1.29 is 59.1 Å². The molecule has 0 aromatic carbocycles. The Kier molecular flexibility index (Phi) is 49.6. The summed E-state index contributed by atoms with van der Waals surface area (Å²) in [5, 5.41) is 0. The average Bonchev–Trinajstić information content (AvgIpc) is 3.00. The van der Waals surface area contributed by atoms with E-state index in [0.717, 1.165) is 25.7 Å². The van der Waals surface area contributed by atoms with Gasteiger partial charge in [-0.3, -0.25) is 9.59 Å². The third kappa shape index (κ3) is 44.6. The Hall–Kier alpha value is 0.621. The molecule has 0 spiro atoms. The van der Waals surface area contributed by atoms with Crippen LogP contribution in [0.3, 0.4) is 0 Å². The van der Waals surface area contributed by atoms with Gasteiger partial charge in [-0.2, -0.15) is 0 Å². The number of carbonyl (C=O) groups is 2. The monoisotopic (exact) mass is 820 g/mol. The summed E-state index contributed by atoms with van der Waals surface area (Å²) in [5.74, 6) is -0.643. The summed E-state index contributed by atoms with van der Waals surface area (Å²) in [6.45, 7) is 4.57. The molecule has 0 amide bonds. The van der Waals surface area contributed by atoms with Gasteiger partial charge < -0.3 is 4.74 Å². The molecule has 0 heterocycles. The van der Waals surface area contributed by atoms with Crippen LogP contribution in [-0.2, 0) is 59.1 Å². The van der Waals surface area contributed by atoms with Gasteiger partial charge in [0, 0.05) is 57.6 Å². The molecule has 0 aliphatic heterocycles. The summed E-state index contributed by atoms with van der Waals surface area (Å²) >= 11 is 0. The Morgan fingerprint density at radius 3 is 0.622 bits per heavy atom. The van der Waals surface area contributed by atoms with Crippen molar-refractivity contribution in [1.82, 2.24) is 0 Å². The summed E-state index contributed by atoms with van der Waals surface area (Å²) in [5.41, 5.74) is 0. The zero-order valence-electron chi connectivity index (χ0n) is 30.3. The van der Waals surface area contributed by atoms with Crippen molar-refractivity contribution in [3.8, 4) is 0 Å². The normalized spacial score (nSPS) is 10.8. The Morgan fingerprint density at radius 1 is 0.289 bits per heavy atom. The molecule has 3 nitrogen and oxygen atoms in total. The van der Waals surface area contributed by atoms with E-state index in [4.69, 9.17) is 4.74 Å². The van der Waals surface area contributed by atoms with Crippen molar-refractivity contribution in [1.29, 1.82) is 0 Å².